The van der Waals surface area contributed by atoms with Gasteiger partial charge in [0, 0.05) is 0 Å². The second-order valence-electron chi connectivity index (χ2n) is 3.03. The van der Waals surface area contributed by atoms with E-state index in [-0.39, 0.29) is 18.0 Å². The van der Waals surface area contributed by atoms with Crippen LogP contribution in [0.15, 0.2) is 0 Å². The fourth-order valence-electron chi connectivity index (χ4n) is 0.998. The van der Waals surface area contributed by atoms with Crippen LogP contribution in [0.2, 0.25) is 0 Å². The van der Waals surface area contributed by atoms with Crippen LogP contribution in [0.1, 0.15) is 12.8 Å². The molecule has 90 valence electrons. The van der Waals surface area contributed by atoms with Gasteiger partial charge in [-0.25, -0.2) is 0 Å². The third-order valence-corrected chi connectivity index (χ3v) is 2.31. The van der Waals surface area contributed by atoms with Crippen molar-refractivity contribution in [2.45, 2.75) is 18.9 Å². The number of hydrogen-bond donors (Lipinski definition) is 5. The molecule has 0 amide bonds. The summed E-state index contributed by atoms with van der Waals surface area (Å²) in [7, 11) is -4.47. The van der Waals surface area contributed by atoms with E-state index in [1.54, 1.807) is 0 Å². The van der Waals surface area contributed by atoms with Crippen LogP contribution in [0.4, 0.5) is 0 Å². The van der Waals surface area contributed by atoms with Crippen molar-refractivity contribution in [1.29, 1.82) is 0 Å². The minimum atomic E-state index is -4.47. The Morgan fingerprint density at radius 3 is 2.33 bits per heavy atom. The maximum atomic E-state index is 10.6. The molecule has 0 aliphatic heterocycles. The van der Waals surface area contributed by atoms with E-state index in [4.69, 9.17) is 25.8 Å². The summed E-state index contributed by atoms with van der Waals surface area (Å²) in [5, 5.41) is 18.0. The van der Waals surface area contributed by atoms with E-state index >= 15 is 0 Å². The van der Waals surface area contributed by atoms with Crippen molar-refractivity contribution >= 4 is 13.6 Å². The SMILES string of the molecule is NCCC[C@@H](C(=O)O)N(O)CP(=O)(O)O. The molecule has 0 unspecified atom stereocenters. The molecule has 0 bridgehead atoms. The van der Waals surface area contributed by atoms with E-state index in [9.17, 15) is 9.36 Å². The Balaban J connectivity index is 4.35. The zero-order valence-electron chi connectivity index (χ0n) is 7.98. The summed E-state index contributed by atoms with van der Waals surface area (Å²) < 4.78 is 10.5. The van der Waals surface area contributed by atoms with Crippen molar-refractivity contribution in [2.24, 2.45) is 5.73 Å². The molecule has 0 aromatic rings. The quantitative estimate of drug-likeness (QED) is 0.282. The van der Waals surface area contributed by atoms with Crippen molar-refractivity contribution in [3.8, 4) is 0 Å². The first-order valence-electron chi connectivity index (χ1n) is 4.21. The van der Waals surface area contributed by atoms with Gasteiger partial charge in [0.15, 0.2) is 0 Å². The topological polar surface area (TPSA) is 144 Å². The number of rotatable bonds is 7. The third kappa shape index (κ3) is 6.56. The van der Waals surface area contributed by atoms with Crippen LogP contribution in [0.3, 0.4) is 0 Å². The predicted molar refractivity (Wildman–Crippen MR) is 50.2 cm³/mol. The highest BCUT2D eigenvalue weighted by molar-refractivity contribution is 7.51. The van der Waals surface area contributed by atoms with Gasteiger partial charge in [-0.15, -0.1) is 0 Å². The lowest BCUT2D eigenvalue weighted by molar-refractivity contribution is -0.166. The van der Waals surface area contributed by atoms with Crippen LogP contribution >= 0.6 is 7.60 Å². The van der Waals surface area contributed by atoms with Crippen LogP contribution in [0, 0.1) is 0 Å². The molecule has 8 nitrogen and oxygen atoms in total. The number of hydrogen-bond acceptors (Lipinski definition) is 5. The van der Waals surface area contributed by atoms with Crippen LogP contribution in [0.5, 0.6) is 0 Å². The van der Waals surface area contributed by atoms with E-state index < -0.39 is 25.9 Å². The third-order valence-electron chi connectivity index (χ3n) is 1.66. The Bertz CT molecular complexity index is 254. The van der Waals surface area contributed by atoms with Gasteiger partial charge in [-0.05, 0) is 19.4 Å². The van der Waals surface area contributed by atoms with Crippen molar-refractivity contribution in [1.82, 2.24) is 5.06 Å². The van der Waals surface area contributed by atoms with Gasteiger partial charge < -0.3 is 25.8 Å². The Labute approximate surface area is 86.4 Å². The highest BCUT2D eigenvalue weighted by Crippen LogP contribution is 2.35. The van der Waals surface area contributed by atoms with Crippen LogP contribution in [-0.4, -0.2) is 50.0 Å². The monoisotopic (exact) mass is 242 g/mol. The fraction of sp³-hybridized carbons (Fsp3) is 0.833. The summed E-state index contributed by atoms with van der Waals surface area (Å²) in [6.07, 6.45) is -0.633. The van der Waals surface area contributed by atoms with E-state index in [0.717, 1.165) is 0 Å². The lowest BCUT2D eigenvalue weighted by Crippen LogP contribution is -2.39. The van der Waals surface area contributed by atoms with Crippen LogP contribution < -0.4 is 5.73 Å². The van der Waals surface area contributed by atoms with Gasteiger partial charge >= 0.3 is 13.6 Å². The molecule has 0 saturated heterocycles. The Hall–Kier alpha value is -0.500. The molecule has 0 radical (unpaired) electrons. The number of nitrogens with zero attached hydrogens (tertiary/aromatic N) is 1. The van der Waals surface area contributed by atoms with Gasteiger partial charge in [-0.3, -0.25) is 9.36 Å². The smallest absolute Gasteiger partial charge is 0.341 e. The van der Waals surface area contributed by atoms with E-state index in [2.05, 4.69) is 0 Å². The molecule has 0 aromatic heterocycles. The molecule has 0 spiro atoms. The summed E-state index contributed by atoms with van der Waals surface area (Å²) in [6.45, 7) is 0.244. The fourth-order valence-corrected chi connectivity index (χ4v) is 1.57. The standard InChI is InChI=1S/C6H15N2O6P/c7-3-1-2-5(6(9)10)8(11)4-15(12,13)14/h5,11H,1-4,7H2,(H,9,10)(H2,12,13,14)/t5-/m0/s1. The zero-order valence-corrected chi connectivity index (χ0v) is 8.88. The summed E-state index contributed by atoms with van der Waals surface area (Å²) in [5.41, 5.74) is 5.16. The van der Waals surface area contributed by atoms with Gasteiger partial charge in [0.1, 0.15) is 12.3 Å². The van der Waals surface area contributed by atoms with Crippen molar-refractivity contribution < 1.29 is 29.5 Å². The highest BCUT2D eigenvalue weighted by atomic mass is 31.2. The van der Waals surface area contributed by atoms with Gasteiger partial charge in [0.25, 0.3) is 0 Å². The highest BCUT2D eigenvalue weighted by Gasteiger charge is 2.29. The first kappa shape index (κ1) is 14.5. The Morgan fingerprint density at radius 1 is 1.47 bits per heavy atom. The molecule has 0 aliphatic rings. The van der Waals surface area contributed by atoms with Crippen LogP contribution in [-0.2, 0) is 9.36 Å². The molecule has 0 fully saturated rings. The minimum absolute atomic E-state index is 0.0301. The van der Waals surface area contributed by atoms with Crippen molar-refractivity contribution in [3.63, 3.8) is 0 Å². The van der Waals surface area contributed by atoms with Crippen molar-refractivity contribution in [2.75, 3.05) is 12.8 Å². The molecule has 0 rings (SSSR count). The lowest BCUT2D eigenvalue weighted by atomic mass is 10.1. The summed E-state index contributed by atoms with van der Waals surface area (Å²) in [5.74, 6) is -1.35. The molecule has 6 N–H and O–H groups in total. The maximum Gasteiger partial charge on any atom is 0.341 e. The molecule has 15 heavy (non-hydrogen) atoms. The minimum Gasteiger partial charge on any atom is -0.480 e. The second kappa shape index (κ2) is 6.16. The number of carbonyl (C=O) groups is 1. The van der Waals surface area contributed by atoms with E-state index in [0.29, 0.717) is 6.42 Å². The molecule has 0 aromatic carbocycles. The lowest BCUT2D eigenvalue weighted by Gasteiger charge is -2.22. The van der Waals surface area contributed by atoms with E-state index in [1.807, 2.05) is 0 Å². The van der Waals surface area contributed by atoms with Crippen LogP contribution in [0.25, 0.3) is 0 Å². The number of carboxylic acid groups (broad SMARTS) is 1. The average molecular weight is 242 g/mol. The number of nitrogens with two attached hydrogens (primary N) is 1. The molecule has 0 saturated carbocycles. The first-order valence-corrected chi connectivity index (χ1v) is 6.00. The Morgan fingerprint density at radius 2 is 2.00 bits per heavy atom. The molecule has 1 atom stereocenters. The predicted octanol–water partition coefficient (Wildman–Crippen LogP) is -0.995. The molecular formula is C6H15N2O6P. The summed E-state index contributed by atoms with van der Waals surface area (Å²) in [6, 6.07) is -1.35. The number of carboxylic acids is 1. The van der Waals surface area contributed by atoms with Gasteiger partial charge in [-0.2, -0.15) is 5.06 Å². The van der Waals surface area contributed by atoms with Gasteiger partial charge in [-0.1, -0.05) is 0 Å². The zero-order chi connectivity index (χ0) is 12.1. The molecule has 0 heterocycles. The second-order valence-corrected chi connectivity index (χ2v) is 4.64. The van der Waals surface area contributed by atoms with Gasteiger partial charge in [0.2, 0.25) is 0 Å². The summed E-state index contributed by atoms with van der Waals surface area (Å²) in [4.78, 5) is 27.7. The summed E-state index contributed by atoms with van der Waals surface area (Å²) >= 11 is 0. The maximum absolute atomic E-state index is 10.6. The Kier molecular flexibility index (Phi) is 5.96. The molecular weight excluding hydrogens is 227 g/mol. The van der Waals surface area contributed by atoms with E-state index in [1.165, 1.54) is 0 Å². The molecule has 9 heteroatoms. The number of hydroxylamine groups is 2. The van der Waals surface area contributed by atoms with Crippen molar-refractivity contribution in [3.05, 3.63) is 0 Å². The first-order chi connectivity index (χ1) is 6.78. The molecule has 0 aliphatic carbocycles. The normalized spacial score (nSPS) is 14.2. The largest absolute Gasteiger partial charge is 0.480 e. The number of aliphatic carboxylic acids is 1. The average Bonchev–Trinajstić information content (AvgIpc) is 2.00. The van der Waals surface area contributed by atoms with Gasteiger partial charge in [0.05, 0.1) is 0 Å².